The van der Waals surface area contributed by atoms with Crippen LogP contribution in [0.1, 0.15) is 5.56 Å². The Morgan fingerprint density at radius 2 is 1.72 bits per heavy atom. The summed E-state index contributed by atoms with van der Waals surface area (Å²) in [5.41, 5.74) is 1.06. The Morgan fingerprint density at radius 3 is 2.39 bits per heavy atom. The highest BCUT2D eigenvalue weighted by Crippen LogP contribution is 2.25. The summed E-state index contributed by atoms with van der Waals surface area (Å²) in [4.78, 5) is 3.97. The molecule has 94 valence electrons. The highest BCUT2D eigenvalue weighted by molar-refractivity contribution is 5.36. The normalized spacial score (nSPS) is 9.89. The van der Waals surface area contributed by atoms with Gasteiger partial charge in [-0.3, -0.25) is 4.98 Å². The van der Waals surface area contributed by atoms with Crippen LogP contribution in [0.15, 0.2) is 42.7 Å². The van der Waals surface area contributed by atoms with E-state index in [-0.39, 0.29) is 0 Å². The lowest BCUT2D eigenvalue weighted by Gasteiger charge is -2.10. The molecular weight excluding hydrogens is 230 g/mol. The number of rotatable bonds is 5. The van der Waals surface area contributed by atoms with Crippen molar-refractivity contribution in [3.8, 4) is 17.2 Å². The maximum atomic E-state index is 5.68. The first kappa shape index (κ1) is 12.2. The number of ether oxygens (including phenoxy) is 3. The fourth-order valence-electron chi connectivity index (χ4n) is 1.52. The minimum atomic E-state index is 0.477. The number of hydrogen-bond acceptors (Lipinski definition) is 4. The van der Waals surface area contributed by atoms with E-state index in [1.54, 1.807) is 32.7 Å². The van der Waals surface area contributed by atoms with Gasteiger partial charge < -0.3 is 14.2 Å². The van der Waals surface area contributed by atoms with E-state index in [9.17, 15) is 0 Å². The molecule has 0 bridgehead atoms. The summed E-state index contributed by atoms with van der Waals surface area (Å²) < 4.78 is 15.9. The molecule has 0 N–H and O–H groups in total. The number of benzene rings is 1. The van der Waals surface area contributed by atoms with Gasteiger partial charge in [0.25, 0.3) is 0 Å². The highest BCUT2D eigenvalue weighted by Gasteiger charge is 2.03. The first-order valence-corrected chi connectivity index (χ1v) is 5.57. The highest BCUT2D eigenvalue weighted by atomic mass is 16.5. The van der Waals surface area contributed by atoms with Crippen LogP contribution in [0.3, 0.4) is 0 Å². The molecule has 0 spiro atoms. The quantitative estimate of drug-likeness (QED) is 0.812. The van der Waals surface area contributed by atoms with Crippen molar-refractivity contribution < 1.29 is 14.2 Å². The molecule has 2 aromatic rings. The van der Waals surface area contributed by atoms with Crippen LogP contribution in [0, 0.1) is 0 Å². The van der Waals surface area contributed by atoms with Crippen molar-refractivity contribution in [3.05, 3.63) is 48.3 Å². The Balaban J connectivity index is 2.02. The summed E-state index contributed by atoms with van der Waals surface area (Å²) in [7, 11) is 3.24. The number of methoxy groups -OCH3 is 2. The van der Waals surface area contributed by atoms with Crippen LogP contribution in [0.25, 0.3) is 0 Å². The molecule has 0 aliphatic heterocycles. The Hall–Kier alpha value is -2.23. The molecule has 1 heterocycles. The molecule has 1 aromatic carbocycles. The summed E-state index contributed by atoms with van der Waals surface area (Å²) in [5, 5.41) is 0. The third-order valence-electron chi connectivity index (χ3n) is 2.52. The first-order chi connectivity index (χ1) is 8.83. The molecule has 0 unspecified atom stereocenters. The van der Waals surface area contributed by atoms with E-state index in [1.165, 1.54) is 0 Å². The molecule has 4 heteroatoms. The lowest BCUT2D eigenvalue weighted by molar-refractivity contribution is 0.283. The summed E-state index contributed by atoms with van der Waals surface area (Å²) in [6.45, 7) is 0.477. The molecule has 0 aliphatic carbocycles. The van der Waals surface area contributed by atoms with Gasteiger partial charge in [0.15, 0.2) is 11.5 Å². The predicted molar refractivity (Wildman–Crippen MR) is 68.1 cm³/mol. The Labute approximate surface area is 106 Å². The van der Waals surface area contributed by atoms with Gasteiger partial charge in [0, 0.05) is 12.3 Å². The largest absolute Gasteiger partial charge is 0.497 e. The van der Waals surface area contributed by atoms with Crippen LogP contribution in [-0.2, 0) is 6.61 Å². The smallest absolute Gasteiger partial charge is 0.179 e. The SMILES string of the molecule is COc1ccc(COc2ccncc2OC)cc1. The number of nitrogens with zero attached hydrogens (tertiary/aromatic N) is 1. The van der Waals surface area contributed by atoms with Crippen LogP contribution in [0.5, 0.6) is 17.2 Å². The molecule has 0 saturated heterocycles. The molecule has 0 aliphatic rings. The van der Waals surface area contributed by atoms with Crippen molar-refractivity contribution in [2.75, 3.05) is 14.2 Å². The standard InChI is InChI=1S/C14H15NO3/c1-16-12-5-3-11(4-6-12)10-18-13-7-8-15-9-14(13)17-2/h3-9H,10H2,1-2H3. The summed E-state index contributed by atoms with van der Waals surface area (Å²) in [6, 6.07) is 9.52. The summed E-state index contributed by atoms with van der Waals surface area (Å²) in [5.74, 6) is 2.15. The Kier molecular flexibility index (Phi) is 4.02. The molecule has 0 saturated carbocycles. The van der Waals surface area contributed by atoms with Crippen LogP contribution in [0.4, 0.5) is 0 Å². The van der Waals surface area contributed by atoms with Crippen LogP contribution < -0.4 is 14.2 Å². The maximum absolute atomic E-state index is 5.68. The lowest BCUT2D eigenvalue weighted by atomic mass is 10.2. The van der Waals surface area contributed by atoms with Crippen molar-refractivity contribution >= 4 is 0 Å². The zero-order valence-electron chi connectivity index (χ0n) is 10.4. The van der Waals surface area contributed by atoms with E-state index in [4.69, 9.17) is 14.2 Å². The van der Waals surface area contributed by atoms with E-state index in [1.807, 2.05) is 24.3 Å². The van der Waals surface area contributed by atoms with Crippen molar-refractivity contribution in [1.82, 2.24) is 4.98 Å². The van der Waals surface area contributed by atoms with Crippen molar-refractivity contribution in [1.29, 1.82) is 0 Å². The fraction of sp³-hybridized carbons (Fsp3) is 0.214. The second-order valence-electron chi connectivity index (χ2n) is 3.66. The average molecular weight is 245 g/mol. The number of hydrogen-bond donors (Lipinski definition) is 0. The third kappa shape index (κ3) is 2.91. The van der Waals surface area contributed by atoms with Gasteiger partial charge in [0.05, 0.1) is 20.4 Å². The zero-order valence-corrected chi connectivity index (χ0v) is 10.4. The predicted octanol–water partition coefficient (Wildman–Crippen LogP) is 2.68. The zero-order chi connectivity index (χ0) is 12.8. The van der Waals surface area contributed by atoms with E-state index in [0.717, 1.165) is 11.3 Å². The molecule has 1 aromatic heterocycles. The van der Waals surface area contributed by atoms with Gasteiger partial charge in [-0.1, -0.05) is 12.1 Å². The molecular formula is C14H15NO3. The average Bonchev–Trinajstić information content (AvgIpc) is 2.46. The van der Waals surface area contributed by atoms with E-state index >= 15 is 0 Å². The number of aromatic nitrogens is 1. The molecule has 18 heavy (non-hydrogen) atoms. The monoisotopic (exact) mass is 245 g/mol. The van der Waals surface area contributed by atoms with Gasteiger partial charge >= 0.3 is 0 Å². The third-order valence-corrected chi connectivity index (χ3v) is 2.52. The minimum absolute atomic E-state index is 0.477. The van der Waals surface area contributed by atoms with Crippen molar-refractivity contribution in [2.24, 2.45) is 0 Å². The molecule has 2 rings (SSSR count). The maximum Gasteiger partial charge on any atom is 0.179 e. The van der Waals surface area contributed by atoms with Gasteiger partial charge in [-0.05, 0) is 17.7 Å². The second-order valence-corrected chi connectivity index (χ2v) is 3.66. The van der Waals surface area contributed by atoms with E-state index < -0.39 is 0 Å². The minimum Gasteiger partial charge on any atom is -0.497 e. The van der Waals surface area contributed by atoms with Gasteiger partial charge in [0.2, 0.25) is 0 Å². The summed E-state index contributed by atoms with van der Waals surface area (Å²) >= 11 is 0. The van der Waals surface area contributed by atoms with Crippen LogP contribution >= 0.6 is 0 Å². The van der Waals surface area contributed by atoms with Crippen LogP contribution in [-0.4, -0.2) is 19.2 Å². The number of pyridine rings is 1. The van der Waals surface area contributed by atoms with E-state index in [0.29, 0.717) is 18.1 Å². The molecule has 0 radical (unpaired) electrons. The van der Waals surface area contributed by atoms with Gasteiger partial charge in [-0.2, -0.15) is 0 Å². The van der Waals surface area contributed by atoms with Crippen molar-refractivity contribution in [2.45, 2.75) is 6.61 Å². The summed E-state index contributed by atoms with van der Waals surface area (Å²) in [6.07, 6.45) is 3.30. The Bertz CT molecular complexity index is 497. The fourth-order valence-corrected chi connectivity index (χ4v) is 1.52. The molecule has 0 amide bonds. The van der Waals surface area contributed by atoms with Gasteiger partial charge in [-0.15, -0.1) is 0 Å². The van der Waals surface area contributed by atoms with Gasteiger partial charge in [0.1, 0.15) is 12.4 Å². The molecule has 4 nitrogen and oxygen atoms in total. The lowest BCUT2D eigenvalue weighted by Crippen LogP contribution is -1.98. The van der Waals surface area contributed by atoms with Crippen LogP contribution in [0.2, 0.25) is 0 Å². The van der Waals surface area contributed by atoms with Gasteiger partial charge in [-0.25, -0.2) is 0 Å². The topological polar surface area (TPSA) is 40.6 Å². The molecule has 0 atom stereocenters. The first-order valence-electron chi connectivity index (χ1n) is 5.57. The van der Waals surface area contributed by atoms with E-state index in [2.05, 4.69) is 4.98 Å². The molecule has 0 fully saturated rings. The second kappa shape index (κ2) is 5.91. The Morgan fingerprint density at radius 1 is 0.944 bits per heavy atom. The van der Waals surface area contributed by atoms with Crippen molar-refractivity contribution in [3.63, 3.8) is 0 Å².